The van der Waals surface area contributed by atoms with Crippen molar-refractivity contribution in [3.05, 3.63) is 20.8 Å². The molecule has 0 saturated heterocycles. The van der Waals surface area contributed by atoms with E-state index in [2.05, 4.69) is 21.2 Å². The molecular weight excluding hydrogens is 298 g/mol. The van der Waals surface area contributed by atoms with Crippen LogP contribution in [0.1, 0.15) is 11.8 Å². The van der Waals surface area contributed by atoms with Crippen LogP contribution in [0.25, 0.3) is 0 Å². The van der Waals surface area contributed by atoms with Crippen LogP contribution in [0.2, 0.25) is 0 Å². The molecule has 0 aliphatic rings. The van der Waals surface area contributed by atoms with Crippen molar-refractivity contribution < 1.29 is 8.42 Å². The third kappa shape index (κ3) is 5.10. The Morgan fingerprint density at radius 3 is 2.73 bits per heavy atom. The number of hydrogen-bond acceptors (Lipinski definition) is 4. The lowest BCUT2D eigenvalue weighted by atomic mass is 10.4. The van der Waals surface area contributed by atoms with E-state index in [0.29, 0.717) is 6.54 Å². The summed E-state index contributed by atoms with van der Waals surface area (Å²) in [5.74, 6) is 0.440. The molecule has 0 spiro atoms. The van der Waals surface area contributed by atoms with Gasteiger partial charge >= 0.3 is 0 Å². The molecule has 0 saturated carbocycles. The van der Waals surface area contributed by atoms with Crippen LogP contribution in [0.4, 0.5) is 0 Å². The van der Waals surface area contributed by atoms with E-state index in [1.165, 1.54) is 4.88 Å². The van der Waals surface area contributed by atoms with Gasteiger partial charge in [0.2, 0.25) is 0 Å². The maximum Gasteiger partial charge on any atom is 0.151 e. The van der Waals surface area contributed by atoms with Gasteiger partial charge < -0.3 is 5.32 Å². The van der Waals surface area contributed by atoms with Crippen molar-refractivity contribution in [2.45, 2.75) is 13.5 Å². The molecule has 0 amide bonds. The molecule has 0 bridgehead atoms. The summed E-state index contributed by atoms with van der Waals surface area (Å²) in [6.45, 7) is 2.92. The van der Waals surface area contributed by atoms with Gasteiger partial charge in [-0.15, -0.1) is 11.3 Å². The first-order chi connectivity index (χ1) is 7.03. The summed E-state index contributed by atoms with van der Waals surface area (Å²) >= 11 is 5.04. The average molecular weight is 312 g/mol. The maximum atomic E-state index is 11.2. The van der Waals surface area contributed by atoms with E-state index in [9.17, 15) is 8.42 Å². The molecule has 6 heteroatoms. The van der Waals surface area contributed by atoms with Crippen molar-refractivity contribution in [3.8, 4) is 0 Å². The molecule has 0 radical (unpaired) electrons. The highest BCUT2D eigenvalue weighted by atomic mass is 79.9. The van der Waals surface area contributed by atoms with Crippen molar-refractivity contribution in [2.24, 2.45) is 0 Å². The Morgan fingerprint density at radius 2 is 2.20 bits per heavy atom. The van der Waals surface area contributed by atoms with Crippen molar-refractivity contribution in [2.75, 3.05) is 18.1 Å². The Labute approximate surface area is 103 Å². The van der Waals surface area contributed by atoms with Crippen molar-refractivity contribution in [1.82, 2.24) is 5.32 Å². The van der Waals surface area contributed by atoms with Gasteiger partial charge in [-0.3, -0.25) is 0 Å². The summed E-state index contributed by atoms with van der Waals surface area (Å²) < 4.78 is 23.4. The predicted octanol–water partition coefficient (Wildman–Crippen LogP) is 2.03. The van der Waals surface area contributed by atoms with Crippen LogP contribution < -0.4 is 5.32 Å². The van der Waals surface area contributed by atoms with Crippen LogP contribution >= 0.6 is 27.3 Å². The second-order valence-electron chi connectivity index (χ2n) is 3.12. The SMILES string of the molecule is CCS(=O)(=O)CCNCc1ccc(Br)s1. The van der Waals surface area contributed by atoms with Gasteiger partial charge in [0.1, 0.15) is 0 Å². The number of nitrogens with one attached hydrogen (secondary N) is 1. The molecule has 0 unspecified atom stereocenters. The van der Waals surface area contributed by atoms with Gasteiger partial charge in [-0.05, 0) is 28.1 Å². The first-order valence-electron chi connectivity index (χ1n) is 4.69. The van der Waals surface area contributed by atoms with E-state index in [-0.39, 0.29) is 11.5 Å². The summed E-state index contributed by atoms with van der Waals surface area (Å²) in [6.07, 6.45) is 0. The highest BCUT2D eigenvalue weighted by Gasteiger charge is 2.06. The fraction of sp³-hybridized carbons (Fsp3) is 0.556. The Morgan fingerprint density at radius 1 is 1.47 bits per heavy atom. The van der Waals surface area contributed by atoms with E-state index < -0.39 is 9.84 Å². The molecule has 0 atom stereocenters. The third-order valence-corrected chi connectivity index (χ3v) is 5.29. The van der Waals surface area contributed by atoms with E-state index in [0.717, 1.165) is 10.3 Å². The average Bonchev–Trinajstić information content (AvgIpc) is 2.59. The largest absolute Gasteiger partial charge is 0.311 e. The van der Waals surface area contributed by atoms with Crippen molar-refractivity contribution >= 4 is 37.1 Å². The van der Waals surface area contributed by atoms with E-state index in [1.54, 1.807) is 18.3 Å². The lowest BCUT2D eigenvalue weighted by Crippen LogP contribution is -2.23. The van der Waals surface area contributed by atoms with Crippen LogP contribution in [0.5, 0.6) is 0 Å². The number of halogens is 1. The van der Waals surface area contributed by atoms with E-state index in [4.69, 9.17) is 0 Å². The van der Waals surface area contributed by atoms with Gasteiger partial charge in [-0.25, -0.2) is 8.42 Å². The Kier molecular flexibility index (Phi) is 5.25. The smallest absolute Gasteiger partial charge is 0.151 e. The molecule has 15 heavy (non-hydrogen) atoms. The minimum Gasteiger partial charge on any atom is -0.311 e. The highest BCUT2D eigenvalue weighted by Crippen LogP contribution is 2.21. The molecule has 1 aromatic rings. The topological polar surface area (TPSA) is 46.2 Å². The maximum absolute atomic E-state index is 11.2. The Bertz CT molecular complexity index is 400. The van der Waals surface area contributed by atoms with Gasteiger partial charge in [0.05, 0.1) is 9.54 Å². The number of sulfone groups is 1. The molecule has 3 nitrogen and oxygen atoms in total. The second-order valence-corrected chi connectivity index (χ2v) is 8.14. The quantitative estimate of drug-likeness (QED) is 0.818. The van der Waals surface area contributed by atoms with Gasteiger partial charge in [0.25, 0.3) is 0 Å². The fourth-order valence-electron chi connectivity index (χ4n) is 1.03. The zero-order valence-electron chi connectivity index (χ0n) is 8.49. The monoisotopic (exact) mass is 311 g/mol. The lowest BCUT2D eigenvalue weighted by Gasteiger charge is -2.02. The molecule has 86 valence electrons. The van der Waals surface area contributed by atoms with Gasteiger partial charge in [0, 0.05) is 23.7 Å². The molecule has 1 N–H and O–H groups in total. The van der Waals surface area contributed by atoms with Gasteiger partial charge in [0.15, 0.2) is 9.84 Å². The standard InChI is InChI=1S/C9H14BrNO2S2/c1-2-15(12,13)6-5-11-7-8-3-4-9(10)14-8/h3-4,11H,2,5-7H2,1H3. The minimum atomic E-state index is -2.84. The fourth-order valence-corrected chi connectivity index (χ4v) is 3.23. The molecule has 0 aliphatic carbocycles. The first-order valence-corrected chi connectivity index (χ1v) is 8.12. The van der Waals surface area contributed by atoms with Crippen LogP contribution in [0.3, 0.4) is 0 Å². The second kappa shape index (κ2) is 5.98. The summed E-state index contributed by atoms with van der Waals surface area (Å²) in [7, 11) is -2.84. The molecule has 1 heterocycles. The van der Waals surface area contributed by atoms with Gasteiger partial charge in [-0.1, -0.05) is 6.92 Å². The Hall–Kier alpha value is 0.0900. The summed E-state index contributed by atoms with van der Waals surface area (Å²) in [5, 5.41) is 3.12. The van der Waals surface area contributed by atoms with Gasteiger partial charge in [-0.2, -0.15) is 0 Å². The number of thiophene rings is 1. The Balaban J connectivity index is 2.23. The number of hydrogen-bond donors (Lipinski definition) is 1. The normalized spacial score (nSPS) is 11.9. The molecule has 0 aromatic carbocycles. The van der Waals surface area contributed by atoms with E-state index in [1.807, 2.05) is 12.1 Å². The lowest BCUT2D eigenvalue weighted by molar-refractivity contribution is 0.592. The van der Waals surface area contributed by atoms with Crippen molar-refractivity contribution in [1.29, 1.82) is 0 Å². The summed E-state index contributed by atoms with van der Waals surface area (Å²) in [5.41, 5.74) is 0. The minimum absolute atomic E-state index is 0.218. The first kappa shape index (κ1) is 13.2. The number of rotatable bonds is 6. The molecule has 1 aromatic heterocycles. The summed E-state index contributed by atoms with van der Waals surface area (Å²) in [4.78, 5) is 1.20. The molecule has 1 rings (SSSR count). The van der Waals surface area contributed by atoms with Crippen LogP contribution in [0.15, 0.2) is 15.9 Å². The zero-order chi connectivity index (χ0) is 11.3. The van der Waals surface area contributed by atoms with E-state index >= 15 is 0 Å². The molecule has 0 aliphatic heterocycles. The highest BCUT2D eigenvalue weighted by molar-refractivity contribution is 9.11. The van der Waals surface area contributed by atoms with Crippen LogP contribution in [-0.4, -0.2) is 26.5 Å². The summed E-state index contributed by atoms with van der Waals surface area (Å²) in [6, 6.07) is 4.01. The molecule has 0 fully saturated rings. The third-order valence-electron chi connectivity index (χ3n) is 1.96. The molecular formula is C9H14BrNO2S2. The predicted molar refractivity (Wildman–Crippen MR) is 68.1 cm³/mol. The zero-order valence-corrected chi connectivity index (χ0v) is 11.7. The van der Waals surface area contributed by atoms with Crippen LogP contribution in [0, 0.1) is 0 Å². The van der Waals surface area contributed by atoms with Crippen LogP contribution in [-0.2, 0) is 16.4 Å². The van der Waals surface area contributed by atoms with Crippen molar-refractivity contribution in [3.63, 3.8) is 0 Å².